The van der Waals surface area contributed by atoms with Crippen molar-refractivity contribution in [1.82, 2.24) is 9.80 Å². The number of para-hydroxylation sites is 1. The van der Waals surface area contributed by atoms with Crippen molar-refractivity contribution in [1.29, 1.82) is 0 Å². The Labute approximate surface area is 246 Å². The highest BCUT2D eigenvalue weighted by Gasteiger charge is 2.31. The Kier molecular flexibility index (Phi) is 9.14. The van der Waals surface area contributed by atoms with E-state index in [1.54, 1.807) is 29.2 Å². The lowest BCUT2D eigenvalue weighted by Crippen LogP contribution is -2.47. The van der Waals surface area contributed by atoms with E-state index in [2.05, 4.69) is 22.5 Å². The van der Waals surface area contributed by atoms with Crippen LogP contribution in [0.1, 0.15) is 25.0 Å². The molecule has 10 heteroatoms. The summed E-state index contributed by atoms with van der Waals surface area (Å²) in [5.41, 5.74) is 2.98. The number of fused-ring (bicyclic) bond motifs is 2. The largest absolute Gasteiger partial charge is 0.488 e. The molecule has 2 aliphatic rings. The number of hydrogen-bond donors (Lipinski definition) is 3. The average molecular weight is 575 g/mol. The molecule has 0 saturated heterocycles. The maximum absolute atomic E-state index is 13.5. The SMILES string of the molecule is C[C@H]1CN([C@@H](C)CO)C(=O)Cc2cc(NC(=O)Nc3ccccc3)ccc2O[C@H]1CN(C)Cc1ccc2c(c1)OCO2. The maximum atomic E-state index is 13.5. The minimum absolute atomic E-state index is 0.0254. The van der Waals surface area contributed by atoms with Gasteiger partial charge in [-0.25, -0.2) is 4.79 Å². The molecule has 5 rings (SSSR count). The molecular formula is C32H38N4O6. The van der Waals surface area contributed by atoms with Crippen LogP contribution in [0.25, 0.3) is 0 Å². The summed E-state index contributed by atoms with van der Waals surface area (Å²) in [6, 6.07) is 19.8. The molecule has 3 amide bonds. The zero-order valence-corrected chi connectivity index (χ0v) is 24.2. The Balaban J connectivity index is 1.35. The van der Waals surface area contributed by atoms with Crippen LogP contribution in [0.5, 0.6) is 17.2 Å². The molecule has 0 spiro atoms. The summed E-state index contributed by atoms with van der Waals surface area (Å²) < 4.78 is 17.6. The fraction of sp³-hybridized carbons (Fsp3) is 0.375. The van der Waals surface area contributed by atoms with Crippen molar-refractivity contribution >= 4 is 23.3 Å². The minimum Gasteiger partial charge on any atom is -0.488 e. The highest BCUT2D eigenvalue weighted by atomic mass is 16.7. The molecule has 10 nitrogen and oxygen atoms in total. The number of aliphatic hydroxyl groups is 1. The second kappa shape index (κ2) is 13.1. The van der Waals surface area contributed by atoms with Crippen LogP contribution in [0.2, 0.25) is 0 Å². The van der Waals surface area contributed by atoms with Crippen LogP contribution in [0.15, 0.2) is 66.7 Å². The number of nitrogens with one attached hydrogen (secondary N) is 2. The van der Waals surface area contributed by atoms with E-state index in [4.69, 9.17) is 14.2 Å². The third-order valence-electron chi connectivity index (χ3n) is 7.59. The third-order valence-corrected chi connectivity index (χ3v) is 7.59. The molecule has 42 heavy (non-hydrogen) atoms. The molecule has 222 valence electrons. The molecule has 0 aromatic heterocycles. The number of nitrogens with zero attached hydrogens (tertiary/aromatic N) is 2. The van der Waals surface area contributed by atoms with Gasteiger partial charge in [0.25, 0.3) is 0 Å². The molecule has 0 aliphatic carbocycles. The molecule has 0 unspecified atom stereocenters. The van der Waals surface area contributed by atoms with E-state index in [0.717, 1.165) is 17.1 Å². The number of benzene rings is 3. The highest BCUT2D eigenvalue weighted by molar-refractivity contribution is 5.99. The standard InChI is InChI=1S/C32H38N4O6/c1-21-16-36(22(2)19-37)31(38)15-24-14-26(34-32(39)33-25-7-5-4-6-8-25)10-12-27(24)42-30(21)18-35(3)17-23-9-11-28-29(13-23)41-20-40-28/h4-14,21-22,30,37H,15-20H2,1-3H3,(H2,33,34,39)/t21-,22-,30-/m0/s1. The van der Waals surface area contributed by atoms with Crippen molar-refractivity contribution in [3.63, 3.8) is 0 Å². The maximum Gasteiger partial charge on any atom is 0.323 e. The summed E-state index contributed by atoms with van der Waals surface area (Å²) in [5.74, 6) is 1.97. The average Bonchev–Trinajstić information content (AvgIpc) is 3.45. The molecule has 0 saturated carbocycles. The molecule has 3 aromatic carbocycles. The molecule has 2 aliphatic heterocycles. The molecule has 0 radical (unpaired) electrons. The Morgan fingerprint density at radius 2 is 1.76 bits per heavy atom. The van der Waals surface area contributed by atoms with Gasteiger partial charge in [0.1, 0.15) is 11.9 Å². The first-order valence-corrected chi connectivity index (χ1v) is 14.2. The summed E-state index contributed by atoms with van der Waals surface area (Å²) >= 11 is 0. The van der Waals surface area contributed by atoms with E-state index < -0.39 is 0 Å². The zero-order valence-electron chi connectivity index (χ0n) is 24.2. The first kappa shape index (κ1) is 29.2. The summed E-state index contributed by atoms with van der Waals surface area (Å²) in [6.45, 7) is 5.73. The zero-order chi connectivity index (χ0) is 29.6. The van der Waals surface area contributed by atoms with Crippen LogP contribution in [0.4, 0.5) is 16.2 Å². The summed E-state index contributed by atoms with van der Waals surface area (Å²) in [6.07, 6.45) is -0.163. The van der Waals surface area contributed by atoms with Gasteiger partial charge < -0.3 is 34.9 Å². The molecule has 0 fully saturated rings. The number of ether oxygens (including phenoxy) is 3. The van der Waals surface area contributed by atoms with Crippen molar-refractivity contribution < 1.29 is 28.9 Å². The monoisotopic (exact) mass is 574 g/mol. The summed E-state index contributed by atoms with van der Waals surface area (Å²) in [5, 5.41) is 15.6. The Morgan fingerprint density at radius 3 is 2.55 bits per heavy atom. The number of carbonyl (C=O) groups is 2. The van der Waals surface area contributed by atoms with Crippen LogP contribution in [0, 0.1) is 5.92 Å². The van der Waals surface area contributed by atoms with Crippen molar-refractivity contribution in [3.8, 4) is 17.2 Å². The van der Waals surface area contributed by atoms with Gasteiger partial charge in [0.2, 0.25) is 12.7 Å². The molecule has 3 aromatic rings. The predicted octanol–water partition coefficient (Wildman–Crippen LogP) is 4.34. The minimum atomic E-state index is -0.386. The third kappa shape index (κ3) is 7.13. The number of likely N-dealkylation sites (N-methyl/N-ethyl adjacent to an activating group) is 1. The van der Waals surface area contributed by atoms with Gasteiger partial charge in [0.15, 0.2) is 11.5 Å². The number of hydrogen-bond acceptors (Lipinski definition) is 7. The van der Waals surface area contributed by atoms with Crippen molar-refractivity contribution in [2.24, 2.45) is 5.92 Å². The second-order valence-electron chi connectivity index (χ2n) is 11.0. The van der Waals surface area contributed by atoms with Gasteiger partial charge in [-0.2, -0.15) is 0 Å². The van der Waals surface area contributed by atoms with Gasteiger partial charge in [-0.15, -0.1) is 0 Å². The number of carbonyl (C=O) groups excluding carboxylic acids is 2. The quantitative estimate of drug-likeness (QED) is 0.367. The normalized spacial score (nSPS) is 18.8. The van der Waals surface area contributed by atoms with Crippen molar-refractivity contribution in [3.05, 3.63) is 77.9 Å². The first-order valence-electron chi connectivity index (χ1n) is 14.2. The van der Waals surface area contributed by atoms with Crippen LogP contribution in [-0.4, -0.2) is 72.5 Å². The topological polar surface area (TPSA) is 113 Å². The van der Waals surface area contributed by atoms with Crippen LogP contribution in [0.3, 0.4) is 0 Å². The molecule has 0 bridgehead atoms. The Hall–Kier alpha value is -4.28. The Bertz CT molecular complexity index is 1400. The van der Waals surface area contributed by atoms with Crippen LogP contribution in [-0.2, 0) is 17.8 Å². The number of urea groups is 1. The van der Waals surface area contributed by atoms with E-state index in [9.17, 15) is 14.7 Å². The van der Waals surface area contributed by atoms with E-state index in [1.165, 1.54) is 0 Å². The summed E-state index contributed by atoms with van der Waals surface area (Å²) in [4.78, 5) is 30.0. The van der Waals surface area contributed by atoms with Gasteiger partial charge >= 0.3 is 6.03 Å². The first-order chi connectivity index (χ1) is 20.3. The van der Waals surface area contributed by atoms with Crippen molar-refractivity contribution in [2.45, 2.75) is 39.0 Å². The number of aliphatic hydroxyl groups excluding tert-OH is 1. The molecule has 3 atom stereocenters. The highest BCUT2D eigenvalue weighted by Crippen LogP contribution is 2.33. The summed E-state index contributed by atoms with van der Waals surface area (Å²) in [7, 11) is 2.03. The fourth-order valence-electron chi connectivity index (χ4n) is 5.26. The molecule has 2 heterocycles. The Morgan fingerprint density at radius 1 is 1.02 bits per heavy atom. The number of anilines is 2. The van der Waals surface area contributed by atoms with Gasteiger partial charge in [-0.3, -0.25) is 9.69 Å². The van der Waals surface area contributed by atoms with Gasteiger partial charge in [-0.05, 0) is 62.0 Å². The van der Waals surface area contributed by atoms with Crippen LogP contribution < -0.4 is 24.8 Å². The fourth-order valence-corrected chi connectivity index (χ4v) is 5.26. The lowest BCUT2D eigenvalue weighted by atomic mass is 10.0. The second-order valence-corrected chi connectivity index (χ2v) is 11.0. The smallest absolute Gasteiger partial charge is 0.323 e. The van der Waals surface area contributed by atoms with E-state index >= 15 is 0 Å². The van der Waals surface area contributed by atoms with Gasteiger partial charge in [0, 0.05) is 42.5 Å². The lowest BCUT2D eigenvalue weighted by molar-refractivity contribution is -0.134. The lowest BCUT2D eigenvalue weighted by Gasteiger charge is -2.34. The van der Waals surface area contributed by atoms with E-state index in [0.29, 0.717) is 42.3 Å². The van der Waals surface area contributed by atoms with Gasteiger partial charge in [-0.1, -0.05) is 31.2 Å². The molecule has 3 N–H and O–H groups in total. The van der Waals surface area contributed by atoms with Crippen molar-refractivity contribution in [2.75, 3.05) is 44.2 Å². The predicted molar refractivity (Wildman–Crippen MR) is 160 cm³/mol. The van der Waals surface area contributed by atoms with E-state index in [-0.39, 0.29) is 49.8 Å². The number of amides is 3. The van der Waals surface area contributed by atoms with Crippen LogP contribution >= 0.6 is 0 Å². The van der Waals surface area contributed by atoms with E-state index in [1.807, 2.05) is 56.4 Å². The van der Waals surface area contributed by atoms with Gasteiger partial charge in [0.05, 0.1) is 19.1 Å². The molecular weight excluding hydrogens is 536 g/mol. The number of rotatable bonds is 8.